The lowest BCUT2D eigenvalue weighted by Gasteiger charge is -2.31. The van der Waals surface area contributed by atoms with E-state index in [0.717, 1.165) is 22.8 Å². The second-order valence-corrected chi connectivity index (χ2v) is 4.86. The van der Waals surface area contributed by atoms with Crippen molar-refractivity contribution in [3.8, 4) is 0 Å². The van der Waals surface area contributed by atoms with Crippen LogP contribution in [0.3, 0.4) is 0 Å². The Bertz CT molecular complexity index is 654. The van der Waals surface area contributed by atoms with E-state index in [0.29, 0.717) is 0 Å². The normalized spacial score (nSPS) is 15.5. The Kier molecular flexibility index (Phi) is 3.12. The number of hydrogen-bond acceptors (Lipinski definition) is 4. The van der Waals surface area contributed by atoms with Crippen LogP contribution in [0.4, 0.5) is 17.2 Å². The minimum atomic E-state index is -0.143. The molecule has 1 amide bonds. The van der Waals surface area contributed by atoms with Crippen molar-refractivity contribution in [3.05, 3.63) is 48.2 Å². The van der Waals surface area contributed by atoms with Gasteiger partial charge < -0.3 is 16.0 Å². The van der Waals surface area contributed by atoms with E-state index in [4.69, 9.17) is 5.73 Å². The minimum absolute atomic E-state index is 0.0509. The molecule has 3 N–H and O–H groups in total. The molecule has 102 valence electrons. The molecule has 1 aliphatic rings. The SMILES string of the molecule is C[C@@H](N)c1cccnc1N1CC(=O)Nc2ccccc21. The Morgan fingerprint density at radius 2 is 2.10 bits per heavy atom. The van der Waals surface area contributed by atoms with Crippen LogP contribution in [0, 0.1) is 0 Å². The number of nitrogens with one attached hydrogen (secondary N) is 1. The second kappa shape index (κ2) is 4.94. The highest BCUT2D eigenvalue weighted by Crippen LogP contribution is 2.36. The predicted molar refractivity (Wildman–Crippen MR) is 78.9 cm³/mol. The third-order valence-electron chi connectivity index (χ3n) is 3.33. The molecule has 2 heterocycles. The summed E-state index contributed by atoms with van der Waals surface area (Å²) in [6.07, 6.45) is 1.72. The van der Waals surface area contributed by atoms with E-state index in [1.54, 1.807) is 6.20 Å². The van der Waals surface area contributed by atoms with Gasteiger partial charge in [0.15, 0.2) is 0 Å². The topological polar surface area (TPSA) is 71.2 Å². The van der Waals surface area contributed by atoms with Crippen molar-refractivity contribution in [2.45, 2.75) is 13.0 Å². The van der Waals surface area contributed by atoms with Gasteiger partial charge in [0.2, 0.25) is 5.91 Å². The largest absolute Gasteiger partial charge is 0.324 e. The van der Waals surface area contributed by atoms with Gasteiger partial charge >= 0.3 is 0 Å². The number of anilines is 3. The predicted octanol–water partition coefficient (Wildman–Crippen LogP) is 2.19. The molecule has 1 atom stereocenters. The average molecular weight is 268 g/mol. The summed E-state index contributed by atoms with van der Waals surface area (Å²) in [4.78, 5) is 18.2. The maximum atomic E-state index is 11.9. The molecule has 0 spiro atoms. The van der Waals surface area contributed by atoms with Crippen molar-refractivity contribution >= 4 is 23.1 Å². The van der Waals surface area contributed by atoms with E-state index in [-0.39, 0.29) is 18.5 Å². The van der Waals surface area contributed by atoms with Crippen molar-refractivity contribution in [1.82, 2.24) is 4.98 Å². The standard InChI is InChI=1S/C15H16N4O/c1-10(16)11-5-4-8-17-15(11)19-9-14(20)18-12-6-2-3-7-13(12)19/h2-8,10H,9,16H2,1H3,(H,18,20)/t10-/m1/s1. The van der Waals surface area contributed by atoms with Gasteiger partial charge in [-0.25, -0.2) is 4.98 Å². The van der Waals surface area contributed by atoms with E-state index in [1.165, 1.54) is 0 Å². The molecule has 1 aromatic heterocycles. The van der Waals surface area contributed by atoms with Crippen LogP contribution in [0.5, 0.6) is 0 Å². The summed E-state index contributed by atoms with van der Waals surface area (Å²) in [5.41, 5.74) is 8.67. The molecule has 1 aliphatic heterocycles. The van der Waals surface area contributed by atoms with E-state index in [2.05, 4.69) is 10.3 Å². The van der Waals surface area contributed by atoms with Crippen LogP contribution < -0.4 is 16.0 Å². The number of fused-ring (bicyclic) bond motifs is 1. The molecule has 0 radical (unpaired) electrons. The highest BCUT2D eigenvalue weighted by atomic mass is 16.2. The molecule has 1 aromatic carbocycles. The molecule has 0 unspecified atom stereocenters. The van der Waals surface area contributed by atoms with Crippen molar-refractivity contribution in [3.63, 3.8) is 0 Å². The lowest BCUT2D eigenvalue weighted by atomic mass is 10.1. The monoisotopic (exact) mass is 268 g/mol. The number of rotatable bonds is 2. The number of benzene rings is 1. The fourth-order valence-corrected chi connectivity index (χ4v) is 2.41. The van der Waals surface area contributed by atoms with Crippen LogP contribution in [0.1, 0.15) is 18.5 Å². The minimum Gasteiger partial charge on any atom is -0.324 e. The van der Waals surface area contributed by atoms with Gasteiger partial charge in [0.25, 0.3) is 0 Å². The van der Waals surface area contributed by atoms with Crippen LogP contribution in [0.15, 0.2) is 42.6 Å². The maximum Gasteiger partial charge on any atom is 0.244 e. The Balaban J connectivity index is 2.13. The Hall–Kier alpha value is -2.40. The highest BCUT2D eigenvalue weighted by Gasteiger charge is 2.25. The van der Waals surface area contributed by atoms with Gasteiger partial charge in [0, 0.05) is 17.8 Å². The molecule has 0 saturated carbocycles. The summed E-state index contributed by atoms with van der Waals surface area (Å²) in [5.74, 6) is 0.690. The smallest absolute Gasteiger partial charge is 0.244 e. The zero-order valence-electron chi connectivity index (χ0n) is 11.2. The summed E-state index contributed by atoms with van der Waals surface area (Å²) >= 11 is 0. The number of amides is 1. The van der Waals surface area contributed by atoms with Crippen molar-refractivity contribution in [2.24, 2.45) is 5.73 Å². The third kappa shape index (κ3) is 2.12. The van der Waals surface area contributed by atoms with Gasteiger partial charge in [0.05, 0.1) is 11.4 Å². The number of hydrogen-bond donors (Lipinski definition) is 2. The number of nitrogens with two attached hydrogens (primary N) is 1. The van der Waals surface area contributed by atoms with Crippen molar-refractivity contribution in [2.75, 3.05) is 16.8 Å². The van der Waals surface area contributed by atoms with Gasteiger partial charge in [-0.2, -0.15) is 0 Å². The summed E-state index contributed by atoms with van der Waals surface area (Å²) < 4.78 is 0. The van der Waals surface area contributed by atoms with Gasteiger partial charge in [-0.3, -0.25) is 4.79 Å². The summed E-state index contributed by atoms with van der Waals surface area (Å²) in [5, 5.41) is 2.87. The highest BCUT2D eigenvalue weighted by molar-refractivity contribution is 6.03. The molecule has 0 saturated heterocycles. The molecule has 20 heavy (non-hydrogen) atoms. The Morgan fingerprint density at radius 3 is 2.90 bits per heavy atom. The van der Waals surface area contributed by atoms with Crippen LogP contribution >= 0.6 is 0 Å². The molecule has 3 rings (SSSR count). The zero-order chi connectivity index (χ0) is 14.1. The zero-order valence-corrected chi connectivity index (χ0v) is 11.2. The molecule has 0 fully saturated rings. The van der Waals surface area contributed by atoms with Crippen LogP contribution in [-0.4, -0.2) is 17.4 Å². The average Bonchev–Trinajstić information content (AvgIpc) is 2.46. The van der Waals surface area contributed by atoms with E-state index < -0.39 is 0 Å². The molecule has 5 nitrogen and oxygen atoms in total. The fraction of sp³-hybridized carbons (Fsp3) is 0.200. The first-order valence-corrected chi connectivity index (χ1v) is 6.53. The first-order chi connectivity index (χ1) is 9.66. The molecular formula is C15H16N4O. The maximum absolute atomic E-state index is 11.9. The Morgan fingerprint density at radius 1 is 1.30 bits per heavy atom. The summed E-state index contributed by atoms with van der Waals surface area (Å²) in [6, 6.07) is 11.4. The number of nitrogens with zero attached hydrogens (tertiary/aromatic N) is 2. The molecular weight excluding hydrogens is 252 g/mol. The number of carbonyl (C=O) groups excluding carboxylic acids is 1. The number of pyridine rings is 1. The van der Waals surface area contributed by atoms with Crippen LogP contribution in [0.2, 0.25) is 0 Å². The number of carbonyl (C=O) groups is 1. The number of para-hydroxylation sites is 2. The van der Waals surface area contributed by atoms with Crippen molar-refractivity contribution < 1.29 is 4.79 Å². The summed E-state index contributed by atoms with van der Waals surface area (Å²) in [7, 11) is 0. The fourth-order valence-electron chi connectivity index (χ4n) is 2.41. The first kappa shape index (κ1) is 12.6. The van der Waals surface area contributed by atoms with Gasteiger partial charge in [-0.1, -0.05) is 18.2 Å². The van der Waals surface area contributed by atoms with E-state index in [9.17, 15) is 4.79 Å². The summed E-state index contributed by atoms with van der Waals surface area (Å²) in [6.45, 7) is 2.16. The Labute approximate surface area is 117 Å². The van der Waals surface area contributed by atoms with Crippen LogP contribution in [-0.2, 0) is 4.79 Å². The molecule has 0 aliphatic carbocycles. The lowest BCUT2D eigenvalue weighted by Crippen LogP contribution is -2.36. The second-order valence-electron chi connectivity index (χ2n) is 4.86. The molecule has 5 heteroatoms. The molecule has 2 aromatic rings. The molecule has 0 bridgehead atoms. The number of aromatic nitrogens is 1. The third-order valence-corrected chi connectivity index (χ3v) is 3.33. The van der Waals surface area contributed by atoms with Crippen LogP contribution in [0.25, 0.3) is 0 Å². The quantitative estimate of drug-likeness (QED) is 0.875. The van der Waals surface area contributed by atoms with Gasteiger partial charge in [0.1, 0.15) is 12.4 Å². The van der Waals surface area contributed by atoms with Crippen molar-refractivity contribution in [1.29, 1.82) is 0 Å². The van der Waals surface area contributed by atoms with E-state index in [1.807, 2.05) is 48.2 Å². The first-order valence-electron chi connectivity index (χ1n) is 6.53. The van der Waals surface area contributed by atoms with Gasteiger partial charge in [-0.05, 0) is 25.1 Å². The van der Waals surface area contributed by atoms with Gasteiger partial charge in [-0.15, -0.1) is 0 Å². The lowest BCUT2D eigenvalue weighted by molar-refractivity contribution is -0.115. The van der Waals surface area contributed by atoms with E-state index >= 15 is 0 Å².